The molecule has 2 N–H and O–H groups in total. The minimum absolute atomic E-state index is 0.214. The summed E-state index contributed by atoms with van der Waals surface area (Å²) in [5.41, 5.74) is 8.45. The zero-order chi connectivity index (χ0) is 15.1. The van der Waals surface area contributed by atoms with Gasteiger partial charge in [0.1, 0.15) is 17.5 Å². The number of rotatable bonds is 3. The van der Waals surface area contributed by atoms with Gasteiger partial charge < -0.3 is 10.5 Å². The molecule has 3 heterocycles. The Kier molecular flexibility index (Phi) is 3.36. The van der Waals surface area contributed by atoms with Gasteiger partial charge in [0.2, 0.25) is 0 Å². The van der Waals surface area contributed by atoms with Crippen molar-refractivity contribution in [1.82, 2.24) is 4.98 Å². The van der Waals surface area contributed by atoms with Crippen LogP contribution in [0.15, 0.2) is 18.2 Å². The summed E-state index contributed by atoms with van der Waals surface area (Å²) in [5, 5.41) is 9.43. The van der Waals surface area contributed by atoms with Crippen LogP contribution < -0.4 is 5.73 Å². The van der Waals surface area contributed by atoms with E-state index in [1.165, 1.54) is 17.7 Å². The van der Waals surface area contributed by atoms with Gasteiger partial charge in [0.15, 0.2) is 0 Å². The molecule has 1 atom stereocenters. The number of nitrogens with two attached hydrogens (primary N) is 1. The van der Waals surface area contributed by atoms with Gasteiger partial charge in [-0.2, -0.15) is 5.26 Å². The fraction of sp³-hybridized carbons (Fsp3) is 0.412. The van der Waals surface area contributed by atoms with Gasteiger partial charge in [0, 0.05) is 33.5 Å². The van der Waals surface area contributed by atoms with Crippen LogP contribution in [0.2, 0.25) is 0 Å². The molecule has 2 aliphatic rings. The molecule has 0 aromatic carbocycles. The van der Waals surface area contributed by atoms with Crippen molar-refractivity contribution in [2.24, 2.45) is 0 Å². The van der Waals surface area contributed by atoms with Gasteiger partial charge in [-0.05, 0) is 43.9 Å². The second kappa shape index (κ2) is 5.38. The average Bonchev–Trinajstić information content (AvgIpc) is 3.02. The van der Waals surface area contributed by atoms with E-state index in [-0.39, 0.29) is 6.10 Å². The molecule has 0 radical (unpaired) electrons. The lowest BCUT2D eigenvalue weighted by molar-refractivity contribution is 0.114. The molecule has 1 saturated heterocycles. The Hall–Kier alpha value is -1.90. The molecule has 1 saturated carbocycles. The minimum atomic E-state index is 0.214. The van der Waals surface area contributed by atoms with Crippen molar-refractivity contribution < 1.29 is 4.74 Å². The molecular weight excluding hydrogens is 294 g/mol. The fourth-order valence-corrected chi connectivity index (χ4v) is 4.07. The molecule has 1 aliphatic heterocycles. The average molecular weight is 311 g/mol. The maximum Gasteiger partial charge on any atom is 0.142 e. The first kappa shape index (κ1) is 13.7. The number of nitrogens with zero attached hydrogens (tertiary/aromatic N) is 2. The molecule has 0 amide bonds. The molecular formula is C17H17N3OS. The molecule has 112 valence electrons. The number of nitriles is 1. The van der Waals surface area contributed by atoms with Gasteiger partial charge in [-0.15, -0.1) is 11.3 Å². The maximum absolute atomic E-state index is 9.43. The Bertz CT molecular complexity index is 752. The Morgan fingerprint density at radius 2 is 2.18 bits per heavy atom. The highest BCUT2D eigenvalue weighted by atomic mass is 32.1. The van der Waals surface area contributed by atoms with Gasteiger partial charge in [0.25, 0.3) is 0 Å². The number of hydrogen-bond acceptors (Lipinski definition) is 5. The normalized spacial score (nSPS) is 21.0. The van der Waals surface area contributed by atoms with E-state index in [4.69, 9.17) is 10.5 Å². The molecule has 1 unspecified atom stereocenters. The van der Waals surface area contributed by atoms with Gasteiger partial charge in [-0.25, -0.2) is 4.98 Å². The summed E-state index contributed by atoms with van der Waals surface area (Å²) in [6.07, 6.45) is 4.75. The van der Waals surface area contributed by atoms with Crippen LogP contribution in [0.4, 0.5) is 5.82 Å². The van der Waals surface area contributed by atoms with Crippen LogP contribution in [0.3, 0.4) is 0 Å². The van der Waals surface area contributed by atoms with Crippen LogP contribution in [-0.4, -0.2) is 11.6 Å². The van der Waals surface area contributed by atoms with Crippen LogP contribution >= 0.6 is 11.3 Å². The lowest BCUT2D eigenvalue weighted by Crippen LogP contribution is -2.00. The third kappa shape index (κ3) is 2.39. The molecule has 5 heteroatoms. The predicted molar refractivity (Wildman–Crippen MR) is 86.6 cm³/mol. The number of pyridine rings is 1. The molecule has 4 nitrogen and oxygen atoms in total. The first-order valence-electron chi connectivity index (χ1n) is 7.68. The van der Waals surface area contributed by atoms with Gasteiger partial charge in [0.05, 0.1) is 6.10 Å². The Morgan fingerprint density at radius 1 is 1.32 bits per heavy atom. The molecule has 2 fully saturated rings. The van der Waals surface area contributed by atoms with Crippen molar-refractivity contribution >= 4 is 17.2 Å². The van der Waals surface area contributed by atoms with Crippen molar-refractivity contribution in [2.45, 2.75) is 37.7 Å². The Balaban J connectivity index is 1.76. The summed E-state index contributed by atoms with van der Waals surface area (Å²) >= 11 is 1.70. The van der Waals surface area contributed by atoms with E-state index in [9.17, 15) is 5.26 Å². The maximum atomic E-state index is 9.43. The Labute approximate surface area is 133 Å². The quantitative estimate of drug-likeness (QED) is 0.930. The fourth-order valence-electron chi connectivity index (χ4n) is 2.96. The van der Waals surface area contributed by atoms with E-state index in [1.54, 1.807) is 11.3 Å². The number of ether oxygens (including phenoxy) is 1. The van der Waals surface area contributed by atoms with Crippen LogP contribution in [0.25, 0.3) is 10.4 Å². The van der Waals surface area contributed by atoms with Crippen LogP contribution in [-0.2, 0) is 4.74 Å². The second-order valence-corrected chi connectivity index (χ2v) is 7.06. The number of nitrogen functional groups attached to an aromatic ring is 1. The van der Waals surface area contributed by atoms with Crippen LogP contribution in [0, 0.1) is 11.3 Å². The highest BCUT2D eigenvalue weighted by Crippen LogP contribution is 2.43. The van der Waals surface area contributed by atoms with Gasteiger partial charge in [-0.1, -0.05) is 0 Å². The van der Waals surface area contributed by atoms with Gasteiger partial charge in [-0.3, -0.25) is 0 Å². The summed E-state index contributed by atoms with van der Waals surface area (Å²) in [6, 6.07) is 8.46. The second-order valence-electron chi connectivity index (χ2n) is 5.94. The lowest BCUT2D eigenvalue weighted by atomic mass is 10.1. The van der Waals surface area contributed by atoms with E-state index >= 15 is 0 Å². The highest BCUT2D eigenvalue weighted by molar-refractivity contribution is 7.15. The molecule has 2 aromatic rings. The zero-order valence-electron chi connectivity index (χ0n) is 12.2. The van der Waals surface area contributed by atoms with E-state index in [0.29, 0.717) is 17.3 Å². The topological polar surface area (TPSA) is 71.9 Å². The smallest absolute Gasteiger partial charge is 0.142 e. The van der Waals surface area contributed by atoms with Crippen molar-refractivity contribution in [3.63, 3.8) is 0 Å². The zero-order valence-corrected chi connectivity index (χ0v) is 13.0. The first-order valence-corrected chi connectivity index (χ1v) is 8.50. The molecule has 2 aromatic heterocycles. The van der Waals surface area contributed by atoms with E-state index < -0.39 is 0 Å². The predicted octanol–water partition coefficient (Wildman–Crippen LogP) is 3.99. The standard InChI is InChI=1S/C17H17N3OS/c18-9-12-11(8-13(10-3-4-10)20-17(12)19)15-5-6-16(22-15)14-2-1-7-21-14/h5-6,8,10,14H,1-4,7H2,(H2,19,20). The van der Waals surface area contributed by atoms with Crippen molar-refractivity contribution in [1.29, 1.82) is 5.26 Å². The minimum Gasteiger partial charge on any atom is -0.383 e. The summed E-state index contributed by atoms with van der Waals surface area (Å²) < 4.78 is 5.75. The SMILES string of the molecule is N#Cc1c(-c2ccc(C3CCCO3)s2)cc(C2CC2)nc1N. The summed E-state index contributed by atoms with van der Waals surface area (Å²) in [6.45, 7) is 0.843. The lowest BCUT2D eigenvalue weighted by Gasteiger charge is -2.08. The van der Waals surface area contributed by atoms with Crippen LogP contribution in [0.5, 0.6) is 0 Å². The number of hydrogen-bond donors (Lipinski definition) is 1. The first-order chi connectivity index (χ1) is 10.8. The summed E-state index contributed by atoms with van der Waals surface area (Å²) in [5.74, 6) is 0.875. The third-order valence-corrected chi connectivity index (χ3v) is 5.52. The molecule has 0 spiro atoms. The largest absolute Gasteiger partial charge is 0.383 e. The highest BCUT2D eigenvalue weighted by Gasteiger charge is 2.27. The van der Waals surface area contributed by atoms with E-state index in [0.717, 1.165) is 35.6 Å². The molecule has 22 heavy (non-hydrogen) atoms. The molecule has 4 rings (SSSR count). The van der Waals surface area contributed by atoms with Crippen molar-refractivity contribution in [3.8, 4) is 16.5 Å². The number of aromatic nitrogens is 1. The van der Waals surface area contributed by atoms with Crippen LogP contribution in [0.1, 0.15) is 53.8 Å². The van der Waals surface area contributed by atoms with Gasteiger partial charge >= 0.3 is 0 Å². The number of anilines is 1. The van der Waals surface area contributed by atoms with E-state index in [1.807, 2.05) is 0 Å². The molecule has 0 bridgehead atoms. The third-order valence-electron chi connectivity index (χ3n) is 4.31. The number of thiophene rings is 1. The van der Waals surface area contributed by atoms with Crippen molar-refractivity contribution in [2.75, 3.05) is 12.3 Å². The summed E-state index contributed by atoms with van der Waals surface area (Å²) in [7, 11) is 0. The summed E-state index contributed by atoms with van der Waals surface area (Å²) in [4.78, 5) is 6.73. The Morgan fingerprint density at radius 3 is 2.86 bits per heavy atom. The van der Waals surface area contributed by atoms with Crippen molar-refractivity contribution in [3.05, 3.63) is 34.3 Å². The van der Waals surface area contributed by atoms with E-state index in [2.05, 4.69) is 29.3 Å². The monoisotopic (exact) mass is 311 g/mol. The molecule has 1 aliphatic carbocycles.